The first-order valence-electron chi connectivity index (χ1n) is 9.94. The number of piperidine rings is 1. The number of carbonyl (C=O) groups is 1. The van der Waals surface area contributed by atoms with E-state index in [1.165, 1.54) is 11.3 Å². The van der Waals surface area contributed by atoms with Crippen LogP contribution in [0.4, 0.5) is 11.4 Å². The van der Waals surface area contributed by atoms with Gasteiger partial charge in [0, 0.05) is 57.6 Å². The fraction of sp³-hybridized carbons (Fsp3) is 0.435. The third-order valence-electron chi connectivity index (χ3n) is 5.39. The van der Waals surface area contributed by atoms with Crippen LogP contribution in [0.2, 0.25) is 0 Å². The lowest BCUT2D eigenvalue weighted by molar-refractivity contribution is -0.119. The Balaban J connectivity index is 1.60. The van der Waals surface area contributed by atoms with Crippen molar-refractivity contribution in [3.63, 3.8) is 0 Å². The number of hydrogen-bond acceptors (Lipinski definition) is 3. The second-order valence-corrected chi connectivity index (χ2v) is 7.52. The molecule has 0 N–H and O–H groups in total. The summed E-state index contributed by atoms with van der Waals surface area (Å²) in [7, 11) is 4.13. The molecule has 0 atom stereocenters. The maximum Gasteiger partial charge on any atom is 0.226 e. The van der Waals surface area contributed by atoms with Gasteiger partial charge in [0.1, 0.15) is 0 Å². The maximum atomic E-state index is 12.6. The molecule has 0 aromatic heterocycles. The molecule has 4 nitrogen and oxygen atoms in total. The van der Waals surface area contributed by atoms with E-state index >= 15 is 0 Å². The normalized spacial score (nSPS) is 15.5. The average Bonchev–Trinajstić information content (AvgIpc) is 2.70. The van der Waals surface area contributed by atoms with Gasteiger partial charge in [0.25, 0.3) is 0 Å². The van der Waals surface area contributed by atoms with E-state index in [1.807, 2.05) is 42.2 Å². The number of benzene rings is 2. The molecule has 4 heteroatoms. The number of likely N-dealkylation sites (tertiary alicyclic amines) is 1. The zero-order chi connectivity index (χ0) is 19.2. The molecule has 1 heterocycles. The van der Waals surface area contributed by atoms with Crippen LogP contribution in [-0.2, 0) is 11.3 Å². The summed E-state index contributed by atoms with van der Waals surface area (Å²) in [6.45, 7) is 4.99. The van der Waals surface area contributed by atoms with Gasteiger partial charge < -0.3 is 9.80 Å². The summed E-state index contributed by atoms with van der Waals surface area (Å²) < 4.78 is 0. The largest absolute Gasteiger partial charge is 0.378 e. The minimum Gasteiger partial charge on any atom is -0.378 e. The second-order valence-electron chi connectivity index (χ2n) is 7.52. The Bertz CT molecular complexity index is 719. The van der Waals surface area contributed by atoms with Gasteiger partial charge in [-0.25, -0.2) is 0 Å². The molecule has 0 saturated carbocycles. The van der Waals surface area contributed by atoms with Crippen LogP contribution in [0.3, 0.4) is 0 Å². The number of carbonyl (C=O) groups excluding carboxylic acids is 1. The van der Waals surface area contributed by atoms with Crippen molar-refractivity contribution in [3.05, 3.63) is 60.2 Å². The van der Waals surface area contributed by atoms with Crippen molar-refractivity contribution in [2.45, 2.75) is 38.8 Å². The zero-order valence-corrected chi connectivity index (χ0v) is 16.8. The molecule has 0 radical (unpaired) electrons. The Labute approximate surface area is 163 Å². The van der Waals surface area contributed by atoms with Crippen LogP contribution in [-0.4, -0.2) is 44.0 Å². The van der Waals surface area contributed by atoms with E-state index in [0.717, 1.165) is 38.2 Å². The van der Waals surface area contributed by atoms with E-state index in [2.05, 4.69) is 48.2 Å². The van der Waals surface area contributed by atoms with E-state index in [4.69, 9.17) is 0 Å². The molecular weight excluding hydrogens is 334 g/mol. The van der Waals surface area contributed by atoms with Crippen LogP contribution < -0.4 is 9.80 Å². The summed E-state index contributed by atoms with van der Waals surface area (Å²) in [5.41, 5.74) is 3.61. The number of nitrogens with zero attached hydrogens (tertiary/aromatic N) is 3. The third kappa shape index (κ3) is 4.89. The van der Waals surface area contributed by atoms with E-state index in [1.54, 1.807) is 0 Å². The number of anilines is 2. The van der Waals surface area contributed by atoms with E-state index in [0.29, 0.717) is 12.5 Å². The highest BCUT2D eigenvalue weighted by molar-refractivity contribution is 5.93. The SMILES string of the molecule is CCC(=O)N(c1ccccc1)C1CCN(Cc2ccc(N(C)C)cc2)CC1. The van der Waals surface area contributed by atoms with Crippen LogP contribution in [0.15, 0.2) is 54.6 Å². The van der Waals surface area contributed by atoms with Gasteiger partial charge in [-0.2, -0.15) is 0 Å². The third-order valence-corrected chi connectivity index (χ3v) is 5.39. The molecule has 0 spiro atoms. The molecule has 1 aliphatic rings. The molecule has 0 bridgehead atoms. The van der Waals surface area contributed by atoms with Gasteiger partial charge in [-0.1, -0.05) is 37.3 Å². The van der Waals surface area contributed by atoms with Crippen molar-refractivity contribution in [1.82, 2.24) is 4.90 Å². The maximum absolute atomic E-state index is 12.6. The second kappa shape index (κ2) is 9.05. The van der Waals surface area contributed by atoms with Crippen molar-refractivity contribution >= 4 is 17.3 Å². The van der Waals surface area contributed by atoms with Crippen molar-refractivity contribution in [3.8, 4) is 0 Å². The Morgan fingerprint density at radius 2 is 1.59 bits per heavy atom. The molecule has 1 fully saturated rings. The summed E-state index contributed by atoms with van der Waals surface area (Å²) in [5.74, 6) is 0.221. The van der Waals surface area contributed by atoms with Crippen molar-refractivity contribution < 1.29 is 4.79 Å². The predicted octanol–water partition coefficient (Wildman–Crippen LogP) is 4.16. The molecule has 3 rings (SSSR count). The minimum absolute atomic E-state index is 0.221. The van der Waals surface area contributed by atoms with E-state index in [9.17, 15) is 4.79 Å². The van der Waals surface area contributed by atoms with Crippen LogP contribution in [0, 0.1) is 0 Å². The van der Waals surface area contributed by atoms with Gasteiger partial charge >= 0.3 is 0 Å². The summed E-state index contributed by atoms with van der Waals surface area (Å²) in [6, 6.07) is 19.2. The molecule has 2 aromatic carbocycles. The zero-order valence-electron chi connectivity index (χ0n) is 16.8. The lowest BCUT2D eigenvalue weighted by Gasteiger charge is -2.38. The first-order valence-corrected chi connectivity index (χ1v) is 9.94. The van der Waals surface area contributed by atoms with Crippen LogP contribution >= 0.6 is 0 Å². The summed E-state index contributed by atoms with van der Waals surface area (Å²) >= 11 is 0. The quantitative estimate of drug-likeness (QED) is 0.769. The van der Waals surface area contributed by atoms with E-state index < -0.39 is 0 Å². The number of rotatable bonds is 6. The molecule has 1 aliphatic heterocycles. The molecule has 1 amide bonds. The highest BCUT2D eigenvalue weighted by Gasteiger charge is 2.28. The van der Waals surface area contributed by atoms with Gasteiger partial charge in [-0.05, 0) is 42.7 Å². The lowest BCUT2D eigenvalue weighted by Crippen LogP contribution is -2.47. The smallest absolute Gasteiger partial charge is 0.226 e. The molecular formula is C23H31N3O. The van der Waals surface area contributed by atoms with Crippen molar-refractivity contribution in [2.24, 2.45) is 0 Å². The Morgan fingerprint density at radius 1 is 0.963 bits per heavy atom. The minimum atomic E-state index is 0.221. The topological polar surface area (TPSA) is 26.8 Å². The molecule has 2 aromatic rings. The van der Waals surface area contributed by atoms with Gasteiger partial charge in [0.05, 0.1) is 0 Å². The van der Waals surface area contributed by atoms with Gasteiger partial charge in [0.15, 0.2) is 0 Å². The Morgan fingerprint density at radius 3 is 2.15 bits per heavy atom. The Kier molecular flexibility index (Phi) is 6.51. The molecule has 0 unspecified atom stereocenters. The summed E-state index contributed by atoms with van der Waals surface area (Å²) in [5, 5.41) is 0. The molecule has 144 valence electrons. The standard InChI is InChI=1S/C23H31N3O/c1-4-23(27)26(21-8-6-5-7-9-21)22-14-16-25(17-15-22)18-19-10-12-20(13-11-19)24(2)3/h5-13,22H,4,14-18H2,1-3H3. The van der Waals surface area contributed by atoms with Crippen LogP contribution in [0.1, 0.15) is 31.7 Å². The van der Waals surface area contributed by atoms with Gasteiger partial charge in [0.2, 0.25) is 5.91 Å². The lowest BCUT2D eigenvalue weighted by atomic mass is 10.0. The highest BCUT2D eigenvalue weighted by Crippen LogP contribution is 2.25. The first kappa shape index (κ1) is 19.4. The van der Waals surface area contributed by atoms with Crippen molar-refractivity contribution in [2.75, 3.05) is 37.0 Å². The fourth-order valence-corrected chi connectivity index (χ4v) is 3.81. The highest BCUT2D eigenvalue weighted by atomic mass is 16.2. The summed E-state index contributed by atoms with van der Waals surface area (Å²) in [6.07, 6.45) is 2.60. The van der Waals surface area contributed by atoms with Crippen molar-refractivity contribution in [1.29, 1.82) is 0 Å². The Hall–Kier alpha value is -2.33. The van der Waals surface area contributed by atoms with Gasteiger partial charge in [-0.15, -0.1) is 0 Å². The monoisotopic (exact) mass is 365 g/mol. The molecule has 0 aliphatic carbocycles. The first-order chi connectivity index (χ1) is 13.1. The summed E-state index contributed by atoms with van der Waals surface area (Å²) in [4.78, 5) is 19.2. The van der Waals surface area contributed by atoms with Crippen LogP contribution in [0.5, 0.6) is 0 Å². The van der Waals surface area contributed by atoms with E-state index in [-0.39, 0.29) is 5.91 Å². The number of para-hydroxylation sites is 1. The van der Waals surface area contributed by atoms with Crippen LogP contribution in [0.25, 0.3) is 0 Å². The number of hydrogen-bond donors (Lipinski definition) is 0. The molecule has 27 heavy (non-hydrogen) atoms. The van der Waals surface area contributed by atoms with Gasteiger partial charge in [-0.3, -0.25) is 9.69 Å². The predicted molar refractivity (Wildman–Crippen MR) is 113 cm³/mol. The molecule has 1 saturated heterocycles. The fourth-order valence-electron chi connectivity index (χ4n) is 3.81. The number of amides is 1. The average molecular weight is 366 g/mol.